The number of hydrogen-bond donors (Lipinski definition) is 1. The van der Waals surface area contributed by atoms with Gasteiger partial charge in [0.2, 0.25) is 0 Å². The van der Waals surface area contributed by atoms with Crippen molar-refractivity contribution in [3.05, 3.63) is 47.8 Å². The van der Waals surface area contributed by atoms with E-state index in [9.17, 15) is 0 Å². The third kappa shape index (κ3) is 3.09. The van der Waals surface area contributed by atoms with E-state index in [0.29, 0.717) is 0 Å². The smallest absolute Gasteiger partial charge is 0.192 e. The molecule has 3 nitrogen and oxygen atoms in total. The Morgan fingerprint density at radius 3 is 2.56 bits per heavy atom. The predicted molar refractivity (Wildman–Crippen MR) is 74.6 cm³/mol. The quantitative estimate of drug-likeness (QED) is 0.856. The summed E-state index contributed by atoms with van der Waals surface area (Å²) in [6.45, 7) is 4.07. The van der Waals surface area contributed by atoms with Crippen molar-refractivity contribution >= 4 is 11.8 Å². The summed E-state index contributed by atoms with van der Waals surface area (Å²) in [7, 11) is 0. The molecule has 18 heavy (non-hydrogen) atoms. The van der Waals surface area contributed by atoms with Crippen molar-refractivity contribution < 1.29 is 0 Å². The highest BCUT2D eigenvalue weighted by Gasteiger charge is 2.10. The molecule has 0 saturated carbocycles. The summed E-state index contributed by atoms with van der Waals surface area (Å²) in [6, 6.07) is 8.25. The van der Waals surface area contributed by atoms with Crippen LogP contribution in [-0.4, -0.2) is 9.97 Å². The highest BCUT2D eigenvalue weighted by atomic mass is 32.2. The zero-order chi connectivity index (χ0) is 13.0. The van der Waals surface area contributed by atoms with Crippen LogP contribution >= 0.6 is 11.8 Å². The Labute approximate surface area is 112 Å². The number of benzene rings is 1. The Morgan fingerprint density at radius 2 is 1.89 bits per heavy atom. The van der Waals surface area contributed by atoms with E-state index < -0.39 is 0 Å². The lowest BCUT2D eigenvalue weighted by Crippen LogP contribution is -2.09. The molecule has 1 aromatic heterocycles. The van der Waals surface area contributed by atoms with Gasteiger partial charge in [-0.15, -0.1) is 0 Å². The van der Waals surface area contributed by atoms with Gasteiger partial charge in [0.15, 0.2) is 5.16 Å². The molecule has 1 aromatic carbocycles. The molecule has 0 bridgehead atoms. The SMILES string of the molecule is CC[C@H](N)c1ccccc1Sc1ncc(C)cn1. The molecule has 1 atom stereocenters. The second-order valence-electron chi connectivity index (χ2n) is 4.20. The van der Waals surface area contributed by atoms with Crippen LogP contribution in [-0.2, 0) is 0 Å². The minimum Gasteiger partial charge on any atom is -0.324 e. The maximum Gasteiger partial charge on any atom is 0.192 e. The van der Waals surface area contributed by atoms with Crippen molar-refractivity contribution in [1.29, 1.82) is 0 Å². The topological polar surface area (TPSA) is 51.8 Å². The summed E-state index contributed by atoms with van der Waals surface area (Å²) in [5, 5.41) is 0.761. The number of hydrogen-bond acceptors (Lipinski definition) is 4. The van der Waals surface area contributed by atoms with Gasteiger partial charge in [0.1, 0.15) is 0 Å². The van der Waals surface area contributed by atoms with Crippen molar-refractivity contribution in [3.8, 4) is 0 Å². The van der Waals surface area contributed by atoms with Crippen LogP contribution in [0.5, 0.6) is 0 Å². The van der Waals surface area contributed by atoms with Gasteiger partial charge in [0.25, 0.3) is 0 Å². The average molecular weight is 259 g/mol. The molecule has 4 heteroatoms. The van der Waals surface area contributed by atoms with Gasteiger partial charge in [-0.2, -0.15) is 0 Å². The molecule has 2 N–H and O–H groups in total. The fourth-order valence-corrected chi connectivity index (χ4v) is 2.52. The van der Waals surface area contributed by atoms with Gasteiger partial charge in [-0.1, -0.05) is 25.1 Å². The third-order valence-electron chi connectivity index (χ3n) is 2.72. The Morgan fingerprint density at radius 1 is 1.22 bits per heavy atom. The zero-order valence-corrected chi connectivity index (χ0v) is 11.4. The first-order valence-electron chi connectivity index (χ1n) is 6.01. The monoisotopic (exact) mass is 259 g/mol. The van der Waals surface area contributed by atoms with Crippen molar-refractivity contribution in [2.24, 2.45) is 5.73 Å². The molecule has 0 saturated heterocycles. The molecular formula is C14H17N3S. The molecule has 2 rings (SSSR count). The molecule has 0 unspecified atom stereocenters. The molecule has 0 fully saturated rings. The fraction of sp³-hybridized carbons (Fsp3) is 0.286. The van der Waals surface area contributed by atoms with E-state index in [1.54, 1.807) is 11.8 Å². The van der Waals surface area contributed by atoms with Crippen molar-refractivity contribution in [2.75, 3.05) is 0 Å². The Balaban J connectivity index is 2.26. The Hall–Kier alpha value is -1.39. The molecule has 0 aliphatic rings. The molecular weight excluding hydrogens is 242 g/mol. The van der Waals surface area contributed by atoms with Crippen LogP contribution in [0.3, 0.4) is 0 Å². The van der Waals surface area contributed by atoms with Crippen LogP contribution in [0.2, 0.25) is 0 Å². The molecule has 1 heterocycles. The summed E-state index contributed by atoms with van der Waals surface area (Å²) in [4.78, 5) is 9.76. The standard InChI is InChI=1S/C14H17N3S/c1-3-12(15)11-6-4-5-7-13(11)18-14-16-8-10(2)9-17-14/h4-9,12H,3,15H2,1-2H3/t12-/m0/s1. The van der Waals surface area contributed by atoms with E-state index in [4.69, 9.17) is 5.73 Å². The van der Waals surface area contributed by atoms with Crippen LogP contribution in [0.25, 0.3) is 0 Å². The second kappa shape index (κ2) is 5.98. The Bertz CT molecular complexity index is 511. The summed E-state index contributed by atoms with van der Waals surface area (Å²) in [5.74, 6) is 0. The van der Waals surface area contributed by atoms with Gasteiger partial charge >= 0.3 is 0 Å². The van der Waals surface area contributed by atoms with E-state index in [1.165, 1.54) is 0 Å². The zero-order valence-electron chi connectivity index (χ0n) is 10.6. The number of aryl methyl sites for hydroxylation is 1. The summed E-state index contributed by atoms with van der Waals surface area (Å²) < 4.78 is 0. The van der Waals surface area contributed by atoms with E-state index in [2.05, 4.69) is 29.0 Å². The molecule has 0 amide bonds. The highest BCUT2D eigenvalue weighted by Crippen LogP contribution is 2.31. The fourth-order valence-electron chi connectivity index (χ4n) is 1.63. The predicted octanol–water partition coefficient (Wildman–Crippen LogP) is 3.35. The molecule has 0 aliphatic carbocycles. The number of rotatable bonds is 4. The van der Waals surface area contributed by atoms with Gasteiger partial charge < -0.3 is 5.73 Å². The van der Waals surface area contributed by atoms with Crippen molar-refractivity contribution in [2.45, 2.75) is 36.4 Å². The summed E-state index contributed by atoms with van der Waals surface area (Å²) >= 11 is 1.56. The van der Waals surface area contributed by atoms with Crippen molar-refractivity contribution in [3.63, 3.8) is 0 Å². The van der Waals surface area contributed by atoms with E-state index >= 15 is 0 Å². The largest absolute Gasteiger partial charge is 0.324 e. The van der Waals surface area contributed by atoms with Gasteiger partial charge in [0, 0.05) is 23.3 Å². The normalized spacial score (nSPS) is 12.4. The lowest BCUT2D eigenvalue weighted by Gasteiger charge is -2.13. The van der Waals surface area contributed by atoms with E-state index in [-0.39, 0.29) is 6.04 Å². The van der Waals surface area contributed by atoms with Gasteiger partial charge in [0.05, 0.1) is 0 Å². The Kier molecular flexibility index (Phi) is 4.33. The molecule has 0 spiro atoms. The number of nitrogens with zero attached hydrogens (tertiary/aromatic N) is 2. The lowest BCUT2D eigenvalue weighted by atomic mass is 10.1. The second-order valence-corrected chi connectivity index (χ2v) is 5.21. The first-order valence-corrected chi connectivity index (χ1v) is 6.83. The van der Waals surface area contributed by atoms with Gasteiger partial charge in [-0.3, -0.25) is 0 Å². The van der Waals surface area contributed by atoms with Crippen LogP contribution in [0.4, 0.5) is 0 Å². The summed E-state index contributed by atoms with van der Waals surface area (Å²) in [6.07, 6.45) is 4.59. The minimum atomic E-state index is 0.0687. The highest BCUT2D eigenvalue weighted by molar-refractivity contribution is 7.99. The first kappa shape index (κ1) is 13.1. The number of nitrogens with two attached hydrogens (primary N) is 1. The number of aromatic nitrogens is 2. The molecule has 0 radical (unpaired) electrons. The lowest BCUT2D eigenvalue weighted by molar-refractivity contribution is 0.685. The maximum absolute atomic E-state index is 6.12. The molecule has 0 aliphatic heterocycles. The van der Waals surface area contributed by atoms with E-state index in [1.807, 2.05) is 31.5 Å². The van der Waals surface area contributed by atoms with Crippen molar-refractivity contribution in [1.82, 2.24) is 9.97 Å². The minimum absolute atomic E-state index is 0.0687. The first-order chi connectivity index (χ1) is 8.70. The molecule has 2 aromatic rings. The van der Waals surface area contributed by atoms with Crippen LogP contribution < -0.4 is 5.73 Å². The van der Waals surface area contributed by atoms with Crippen LogP contribution in [0.15, 0.2) is 46.7 Å². The van der Waals surface area contributed by atoms with Crippen LogP contribution in [0.1, 0.15) is 30.5 Å². The maximum atomic E-state index is 6.12. The molecule has 94 valence electrons. The van der Waals surface area contributed by atoms with Crippen LogP contribution in [0, 0.1) is 6.92 Å². The average Bonchev–Trinajstić information content (AvgIpc) is 2.41. The van der Waals surface area contributed by atoms with Gasteiger partial charge in [-0.05, 0) is 42.3 Å². The summed E-state index contributed by atoms with van der Waals surface area (Å²) in [5.41, 5.74) is 8.35. The van der Waals surface area contributed by atoms with E-state index in [0.717, 1.165) is 27.6 Å². The van der Waals surface area contributed by atoms with Gasteiger partial charge in [-0.25, -0.2) is 9.97 Å². The third-order valence-corrected chi connectivity index (χ3v) is 3.70.